The van der Waals surface area contributed by atoms with Crippen LogP contribution >= 0.6 is 0 Å². The van der Waals surface area contributed by atoms with Crippen LogP contribution in [0.2, 0.25) is 0 Å². The molecule has 1 aromatic heterocycles. The van der Waals surface area contributed by atoms with Crippen LogP contribution in [-0.4, -0.2) is 29.4 Å². The maximum absolute atomic E-state index is 12.3. The molecule has 0 aliphatic heterocycles. The van der Waals surface area contributed by atoms with Crippen molar-refractivity contribution >= 4 is 11.6 Å². The van der Waals surface area contributed by atoms with E-state index in [0.29, 0.717) is 18.8 Å². The maximum Gasteiger partial charge on any atom is 0.276 e. The largest absolute Gasteiger partial charge is 0.383 e. The first-order valence-electron chi connectivity index (χ1n) is 8.61. The molecule has 0 aliphatic carbocycles. The summed E-state index contributed by atoms with van der Waals surface area (Å²) in [5, 5.41) is 6.89. The number of unbranched alkanes of at least 4 members (excludes halogenated alkanes) is 2. The number of hydrogen-bond acceptors (Lipinski definition) is 4. The average Bonchev–Trinajstić information content (AvgIpc) is 2.62. The number of anilines is 1. The van der Waals surface area contributed by atoms with Crippen molar-refractivity contribution in [1.82, 2.24) is 9.78 Å². The standard InChI is InChI=1S/C19H25N3O3/c1-3-4-5-6-15-7-9-16(10-8-15)20-19(24)17-11-12-18(23)22(21-17)13-14-25-2/h7-12H,3-6,13-14H2,1-2H3,(H,20,24). The Bertz CT molecular complexity index is 738. The summed E-state index contributed by atoms with van der Waals surface area (Å²) < 4.78 is 6.17. The number of rotatable bonds is 9. The molecule has 0 fully saturated rings. The van der Waals surface area contributed by atoms with Gasteiger partial charge in [-0.1, -0.05) is 31.9 Å². The van der Waals surface area contributed by atoms with Gasteiger partial charge in [0, 0.05) is 18.9 Å². The van der Waals surface area contributed by atoms with Crippen LogP contribution in [0.5, 0.6) is 0 Å². The summed E-state index contributed by atoms with van der Waals surface area (Å²) in [6.07, 6.45) is 4.65. The van der Waals surface area contributed by atoms with Crippen molar-refractivity contribution in [3.05, 3.63) is 58.0 Å². The summed E-state index contributed by atoms with van der Waals surface area (Å²) in [6.45, 7) is 2.85. The van der Waals surface area contributed by atoms with E-state index in [1.165, 1.54) is 41.6 Å². The van der Waals surface area contributed by atoms with Crippen LogP contribution in [0.15, 0.2) is 41.2 Å². The summed E-state index contributed by atoms with van der Waals surface area (Å²) in [5.74, 6) is -0.343. The third-order valence-corrected chi connectivity index (χ3v) is 3.89. The monoisotopic (exact) mass is 343 g/mol. The van der Waals surface area contributed by atoms with Gasteiger partial charge in [-0.25, -0.2) is 4.68 Å². The van der Waals surface area contributed by atoms with Gasteiger partial charge in [-0.2, -0.15) is 5.10 Å². The van der Waals surface area contributed by atoms with E-state index in [0.717, 1.165) is 6.42 Å². The molecule has 6 nitrogen and oxygen atoms in total. The van der Waals surface area contributed by atoms with Gasteiger partial charge in [0.1, 0.15) is 5.69 Å². The van der Waals surface area contributed by atoms with Gasteiger partial charge in [0.05, 0.1) is 13.2 Å². The Morgan fingerprint density at radius 3 is 2.60 bits per heavy atom. The molecule has 0 aliphatic rings. The molecule has 1 N–H and O–H groups in total. The van der Waals surface area contributed by atoms with Gasteiger partial charge in [-0.3, -0.25) is 9.59 Å². The minimum Gasteiger partial charge on any atom is -0.383 e. The van der Waals surface area contributed by atoms with Crippen LogP contribution in [0.4, 0.5) is 5.69 Å². The molecule has 2 aromatic rings. The fourth-order valence-electron chi connectivity index (χ4n) is 2.44. The van der Waals surface area contributed by atoms with Crippen LogP contribution < -0.4 is 10.9 Å². The van der Waals surface area contributed by atoms with Crippen molar-refractivity contribution in [2.75, 3.05) is 19.0 Å². The number of benzene rings is 1. The highest BCUT2D eigenvalue weighted by Gasteiger charge is 2.10. The van der Waals surface area contributed by atoms with Crippen LogP contribution in [0.25, 0.3) is 0 Å². The molecule has 25 heavy (non-hydrogen) atoms. The van der Waals surface area contributed by atoms with E-state index in [4.69, 9.17) is 4.74 Å². The molecule has 0 unspecified atom stereocenters. The van der Waals surface area contributed by atoms with Gasteiger partial charge in [0.15, 0.2) is 0 Å². The zero-order valence-corrected chi connectivity index (χ0v) is 14.8. The van der Waals surface area contributed by atoms with Crippen LogP contribution in [0, 0.1) is 0 Å². The molecular weight excluding hydrogens is 318 g/mol. The fraction of sp³-hybridized carbons (Fsp3) is 0.421. The quantitative estimate of drug-likeness (QED) is 0.711. The van der Waals surface area contributed by atoms with Crippen molar-refractivity contribution in [2.24, 2.45) is 0 Å². The molecule has 0 atom stereocenters. The summed E-state index contributed by atoms with van der Waals surface area (Å²) in [4.78, 5) is 24.0. The van der Waals surface area contributed by atoms with Crippen molar-refractivity contribution in [3.8, 4) is 0 Å². The van der Waals surface area contributed by atoms with E-state index in [1.54, 1.807) is 7.11 Å². The second kappa shape index (κ2) is 9.74. The Labute approximate surface area is 147 Å². The number of hydrogen-bond donors (Lipinski definition) is 1. The molecule has 2 rings (SSSR count). The second-order valence-electron chi connectivity index (χ2n) is 5.88. The van der Waals surface area contributed by atoms with Gasteiger partial charge < -0.3 is 10.1 Å². The van der Waals surface area contributed by atoms with Gasteiger partial charge >= 0.3 is 0 Å². The van der Waals surface area contributed by atoms with E-state index in [-0.39, 0.29) is 17.2 Å². The minimum atomic E-state index is -0.343. The van der Waals surface area contributed by atoms with Crippen LogP contribution in [-0.2, 0) is 17.7 Å². The molecule has 1 heterocycles. The summed E-state index contributed by atoms with van der Waals surface area (Å²) in [6, 6.07) is 10.6. The second-order valence-corrected chi connectivity index (χ2v) is 5.88. The zero-order chi connectivity index (χ0) is 18.1. The number of aromatic nitrogens is 2. The lowest BCUT2D eigenvalue weighted by Gasteiger charge is -2.08. The van der Waals surface area contributed by atoms with E-state index in [9.17, 15) is 9.59 Å². The number of carbonyl (C=O) groups is 1. The van der Waals surface area contributed by atoms with Gasteiger partial charge in [-0.15, -0.1) is 0 Å². The Morgan fingerprint density at radius 2 is 1.92 bits per heavy atom. The van der Waals surface area contributed by atoms with Crippen molar-refractivity contribution < 1.29 is 9.53 Å². The average molecular weight is 343 g/mol. The molecule has 0 saturated carbocycles. The topological polar surface area (TPSA) is 73.2 Å². The number of ether oxygens (including phenoxy) is 1. The Morgan fingerprint density at radius 1 is 1.16 bits per heavy atom. The van der Waals surface area contributed by atoms with Crippen molar-refractivity contribution in [1.29, 1.82) is 0 Å². The van der Waals surface area contributed by atoms with Crippen molar-refractivity contribution in [2.45, 2.75) is 39.2 Å². The molecule has 0 saturated heterocycles. The number of amides is 1. The fourth-order valence-corrected chi connectivity index (χ4v) is 2.44. The number of aryl methyl sites for hydroxylation is 1. The SMILES string of the molecule is CCCCCc1ccc(NC(=O)c2ccc(=O)n(CCOC)n2)cc1. The first kappa shape index (κ1) is 18.9. The molecular formula is C19H25N3O3. The molecule has 1 amide bonds. The lowest BCUT2D eigenvalue weighted by molar-refractivity contribution is 0.101. The molecule has 0 spiro atoms. The predicted molar refractivity (Wildman–Crippen MR) is 98.0 cm³/mol. The third kappa shape index (κ3) is 5.83. The van der Waals surface area contributed by atoms with E-state index < -0.39 is 0 Å². The minimum absolute atomic E-state index is 0.197. The number of methoxy groups -OCH3 is 1. The molecule has 134 valence electrons. The zero-order valence-electron chi connectivity index (χ0n) is 14.8. The highest BCUT2D eigenvalue weighted by atomic mass is 16.5. The Hall–Kier alpha value is -2.47. The first-order valence-corrected chi connectivity index (χ1v) is 8.61. The van der Waals surface area contributed by atoms with Crippen LogP contribution in [0.3, 0.4) is 0 Å². The highest BCUT2D eigenvalue weighted by Crippen LogP contribution is 2.13. The number of nitrogens with one attached hydrogen (secondary N) is 1. The van der Waals surface area contributed by atoms with E-state index in [2.05, 4.69) is 17.3 Å². The Kier molecular flexibility index (Phi) is 7.35. The Balaban J connectivity index is 2.00. The smallest absolute Gasteiger partial charge is 0.276 e. The van der Waals surface area contributed by atoms with E-state index >= 15 is 0 Å². The number of nitrogens with zero attached hydrogens (tertiary/aromatic N) is 2. The van der Waals surface area contributed by atoms with Gasteiger partial charge in [0.2, 0.25) is 0 Å². The van der Waals surface area contributed by atoms with Gasteiger partial charge in [-0.05, 0) is 36.6 Å². The normalized spacial score (nSPS) is 10.6. The summed E-state index contributed by atoms with van der Waals surface area (Å²) in [7, 11) is 1.55. The molecule has 6 heteroatoms. The molecule has 0 radical (unpaired) electrons. The molecule has 0 bridgehead atoms. The van der Waals surface area contributed by atoms with Crippen LogP contribution in [0.1, 0.15) is 42.2 Å². The summed E-state index contributed by atoms with van der Waals surface area (Å²) in [5.41, 5.74) is 1.91. The predicted octanol–water partition coefficient (Wildman–Crippen LogP) is 2.87. The maximum atomic E-state index is 12.3. The highest BCUT2D eigenvalue weighted by molar-refractivity contribution is 6.02. The van der Waals surface area contributed by atoms with E-state index in [1.807, 2.05) is 24.3 Å². The summed E-state index contributed by atoms with van der Waals surface area (Å²) >= 11 is 0. The lowest BCUT2D eigenvalue weighted by atomic mass is 10.1. The van der Waals surface area contributed by atoms with Gasteiger partial charge in [0.25, 0.3) is 11.5 Å². The first-order chi connectivity index (χ1) is 12.1. The lowest BCUT2D eigenvalue weighted by Crippen LogP contribution is -2.27. The third-order valence-electron chi connectivity index (χ3n) is 3.89. The number of carbonyl (C=O) groups excluding carboxylic acids is 1. The van der Waals surface area contributed by atoms with Crippen molar-refractivity contribution in [3.63, 3.8) is 0 Å². The molecule has 1 aromatic carbocycles.